The molecule has 10 heteroatoms. The van der Waals surface area contributed by atoms with Gasteiger partial charge >= 0.3 is 5.97 Å². The molecule has 1 aromatic carbocycles. The van der Waals surface area contributed by atoms with Gasteiger partial charge < -0.3 is 14.8 Å². The Hall–Kier alpha value is -3.11. The largest absolute Gasteiger partial charge is 0.483 e. The second-order valence-corrected chi connectivity index (χ2v) is 11.7. The van der Waals surface area contributed by atoms with Gasteiger partial charge in [0.2, 0.25) is 5.91 Å². The van der Waals surface area contributed by atoms with Crippen molar-refractivity contribution in [1.29, 1.82) is 0 Å². The van der Waals surface area contributed by atoms with Crippen molar-refractivity contribution < 1.29 is 19.1 Å². The molecule has 1 aliphatic carbocycles. The van der Waals surface area contributed by atoms with E-state index in [1.165, 1.54) is 28.7 Å². The third kappa shape index (κ3) is 6.91. The van der Waals surface area contributed by atoms with Crippen LogP contribution >= 0.6 is 23.1 Å². The van der Waals surface area contributed by atoms with Gasteiger partial charge in [-0.15, -0.1) is 28.1 Å². The van der Waals surface area contributed by atoms with Gasteiger partial charge in [0.25, 0.3) is 0 Å². The lowest BCUT2D eigenvalue weighted by atomic mass is 9.88. The fraction of sp³-hybridized carbons (Fsp3) is 0.448. The first-order chi connectivity index (χ1) is 18.8. The van der Waals surface area contributed by atoms with E-state index >= 15 is 0 Å². The number of thiophene rings is 1. The summed E-state index contributed by atoms with van der Waals surface area (Å²) < 4.78 is 13.3. The van der Waals surface area contributed by atoms with Crippen molar-refractivity contribution >= 4 is 40.0 Å². The number of benzene rings is 1. The zero-order valence-corrected chi connectivity index (χ0v) is 24.6. The molecule has 0 saturated heterocycles. The van der Waals surface area contributed by atoms with Gasteiger partial charge in [0.05, 0.1) is 17.9 Å². The number of anilines is 1. The predicted molar refractivity (Wildman–Crippen MR) is 156 cm³/mol. The van der Waals surface area contributed by atoms with Crippen molar-refractivity contribution in [2.75, 3.05) is 17.7 Å². The van der Waals surface area contributed by atoms with Crippen LogP contribution in [-0.2, 0) is 35.3 Å². The van der Waals surface area contributed by atoms with Crippen molar-refractivity contribution in [1.82, 2.24) is 14.8 Å². The monoisotopic (exact) mass is 568 g/mol. The second kappa shape index (κ2) is 13.3. The number of aromatic nitrogens is 3. The molecule has 0 bridgehead atoms. The van der Waals surface area contributed by atoms with E-state index in [-0.39, 0.29) is 30.3 Å². The van der Waals surface area contributed by atoms with E-state index in [1.807, 2.05) is 35.8 Å². The van der Waals surface area contributed by atoms with E-state index in [4.69, 9.17) is 9.47 Å². The van der Waals surface area contributed by atoms with Crippen molar-refractivity contribution in [3.8, 4) is 5.75 Å². The smallest absolute Gasteiger partial charge is 0.341 e. The molecule has 2 atom stereocenters. The van der Waals surface area contributed by atoms with Crippen LogP contribution in [0.4, 0.5) is 5.00 Å². The van der Waals surface area contributed by atoms with Gasteiger partial charge in [-0.05, 0) is 68.7 Å². The second-order valence-electron chi connectivity index (χ2n) is 9.61. The standard InChI is InChI=1S/C29H36N4O4S2/c1-6-15-33-26(19(5)37-21-12-10-20(7-2)11-13-21)31-32-29(33)38-17-24(34)30-27-25(28(35)36-8-3)22-14-9-18(4)16-23(22)39-27/h6,10-13,18-19H,1,7-9,14-17H2,2-5H3,(H,30,34). The van der Waals surface area contributed by atoms with Gasteiger partial charge in [0, 0.05) is 11.4 Å². The molecule has 0 radical (unpaired) electrons. The number of aryl methyl sites for hydroxylation is 1. The Morgan fingerprint density at radius 2 is 2.05 bits per heavy atom. The van der Waals surface area contributed by atoms with E-state index in [1.54, 1.807) is 13.0 Å². The highest BCUT2D eigenvalue weighted by Gasteiger charge is 2.29. The van der Waals surface area contributed by atoms with Gasteiger partial charge in [-0.1, -0.05) is 43.8 Å². The van der Waals surface area contributed by atoms with Crippen LogP contribution in [-0.4, -0.2) is 39.0 Å². The maximum atomic E-state index is 13.0. The van der Waals surface area contributed by atoms with Crippen LogP contribution in [0.15, 0.2) is 42.1 Å². The summed E-state index contributed by atoms with van der Waals surface area (Å²) in [5.41, 5.74) is 2.78. The molecular formula is C29H36N4O4S2. The summed E-state index contributed by atoms with van der Waals surface area (Å²) in [6, 6.07) is 8.01. The van der Waals surface area contributed by atoms with E-state index in [2.05, 4.69) is 35.9 Å². The predicted octanol–water partition coefficient (Wildman–Crippen LogP) is 6.26. The zero-order chi connectivity index (χ0) is 27.9. The van der Waals surface area contributed by atoms with Crippen molar-refractivity contribution in [3.63, 3.8) is 0 Å². The summed E-state index contributed by atoms with van der Waals surface area (Å²) in [5, 5.41) is 12.8. The minimum Gasteiger partial charge on any atom is -0.483 e. The number of hydrogen-bond acceptors (Lipinski definition) is 8. The minimum absolute atomic E-state index is 0.115. The Morgan fingerprint density at radius 3 is 2.74 bits per heavy atom. The van der Waals surface area contributed by atoms with Crippen LogP contribution in [0.3, 0.4) is 0 Å². The lowest BCUT2D eigenvalue weighted by molar-refractivity contribution is -0.113. The number of nitrogens with one attached hydrogen (secondary N) is 1. The Balaban J connectivity index is 1.45. The summed E-state index contributed by atoms with van der Waals surface area (Å²) in [7, 11) is 0. The van der Waals surface area contributed by atoms with Crippen LogP contribution in [0.5, 0.6) is 5.75 Å². The third-order valence-electron chi connectivity index (χ3n) is 6.64. The molecule has 0 fully saturated rings. The number of rotatable bonds is 12. The summed E-state index contributed by atoms with van der Waals surface area (Å²) in [6.45, 7) is 12.7. The quantitative estimate of drug-likeness (QED) is 0.157. The summed E-state index contributed by atoms with van der Waals surface area (Å²) in [4.78, 5) is 27.0. The lowest BCUT2D eigenvalue weighted by Gasteiger charge is -2.18. The summed E-state index contributed by atoms with van der Waals surface area (Å²) in [5.74, 6) is 1.49. The first-order valence-corrected chi connectivity index (χ1v) is 15.2. The Labute approximate surface area is 238 Å². The van der Waals surface area contributed by atoms with Crippen LogP contribution in [0.25, 0.3) is 0 Å². The van der Waals surface area contributed by atoms with E-state index in [9.17, 15) is 9.59 Å². The fourth-order valence-electron chi connectivity index (χ4n) is 4.62. The van der Waals surface area contributed by atoms with Gasteiger partial charge in [0.15, 0.2) is 17.1 Å². The number of carbonyl (C=O) groups excluding carboxylic acids is 2. The number of fused-ring (bicyclic) bond motifs is 1. The SMILES string of the molecule is C=CCn1c(SCC(=O)Nc2sc3c(c2C(=O)OCC)CCC(C)C3)nnc1C(C)Oc1ccc(CC)cc1. The number of nitrogens with zero attached hydrogens (tertiary/aromatic N) is 3. The van der Waals surface area contributed by atoms with Gasteiger partial charge in [-0.2, -0.15) is 0 Å². The lowest BCUT2D eigenvalue weighted by Crippen LogP contribution is -2.18. The molecule has 1 N–H and O–H groups in total. The number of esters is 1. The van der Waals surface area contributed by atoms with Crippen LogP contribution < -0.4 is 10.1 Å². The van der Waals surface area contributed by atoms with Crippen LogP contribution in [0.1, 0.15) is 72.4 Å². The summed E-state index contributed by atoms with van der Waals surface area (Å²) in [6.07, 6.45) is 5.14. The molecule has 2 aromatic heterocycles. The molecule has 0 aliphatic heterocycles. The average molecular weight is 569 g/mol. The van der Waals surface area contributed by atoms with Gasteiger partial charge in [-0.25, -0.2) is 4.79 Å². The van der Waals surface area contributed by atoms with Crippen molar-refractivity contribution in [2.24, 2.45) is 5.92 Å². The molecule has 8 nitrogen and oxygen atoms in total. The molecule has 2 heterocycles. The average Bonchev–Trinajstić information content (AvgIpc) is 3.48. The van der Waals surface area contributed by atoms with E-state index in [0.717, 1.165) is 41.9 Å². The van der Waals surface area contributed by atoms with Crippen LogP contribution in [0.2, 0.25) is 0 Å². The first-order valence-electron chi connectivity index (χ1n) is 13.4. The number of thioether (sulfide) groups is 1. The van der Waals surface area contributed by atoms with Gasteiger partial charge in [0.1, 0.15) is 10.8 Å². The Kier molecular flexibility index (Phi) is 9.85. The Bertz CT molecular complexity index is 1320. The summed E-state index contributed by atoms with van der Waals surface area (Å²) >= 11 is 2.77. The molecule has 0 spiro atoms. The highest BCUT2D eigenvalue weighted by Crippen LogP contribution is 2.40. The first kappa shape index (κ1) is 28.9. The van der Waals surface area contributed by atoms with Crippen molar-refractivity contribution in [3.05, 3.63) is 64.3 Å². The normalized spacial score (nSPS) is 15.3. The number of carbonyl (C=O) groups is 2. The highest BCUT2D eigenvalue weighted by atomic mass is 32.2. The number of amides is 1. The molecule has 208 valence electrons. The molecule has 1 amide bonds. The van der Waals surface area contributed by atoms with E-state index in [0.29, 0.717) is 34.0 Å². The topological polar surface area (TPSA) is 95.3 Å². The number of ether oxygens (including phenoxy) is 2. The zero-order valence-electron chi connectivity index (χ0n) is 23.0. The van der Waals surface area contributed by atoms with E-state index < -0.39 is 0 Å². The molecule has 4 rings (SSSR count). The van der Waals surface area contributed by atoms with Crippen molar-refractivity contribution in [2.45, 2.75) is 71.2 Å². The third-order valence-corrected chi connectivity index (χ3v) is 8.78. The number of allylic oxidation sites excluding steroid dienone is 1. The highest BCUT2D eigenvalue weighted by molar-refractivity contribution is 7.99. The molecule has 3 aromatic rings. The molecular weight excluding hydrogens is 532 g/mol. The maximum Gasteiger partial charge on any atom is 0.341 e. The maximum absolute atomic E-state index is 13.0. The Morgan fingerprint density at radius 1 is 1.28 bits per heavy atom. The number of hydrogen-bond donors (Lipinski definition) is 1. The fourth-order valence-corrected chi connectivity index (χ4v) is 6.79. The molecule has 0 saturated carbocycles. The molecule has 1 aliphatic rings. The molecule has 39 heavy (non-hydrogen) atoms. The molecule has 2 unspecified atom stereocenters. The van der Waals surface area contributed by atoms with Gasteiger partial charge in [-0.3, -0.25) is 9.36 Å². The minimum atomic E-state index is -0.374. The van der Waals surface area contributed by atoms with Crippen LogP contribution in [0, 0.1) is 5.92 Å².